The monoisotopic (exact) mass is 595 g/mol. The fraction of sp³-hybridized carbons (Fsp3) is 0.946. The number of nitrogens with zero attached hydrogens (tertiary/aromatic N) is 1. The lowest BCUT2D eigenvalue weighted by Crippen LogP contribution is -2.47. The highest BCUT2D eigenvalue weighted by atomic mass is 16.4. The topological polar surface area (TPSA) is 69.6 Å². The molecule has 0 saturated carbocycles. The zero-order chi connectivity index (χ0) is 30.9. The number of carbonyl (C=O) groups is 2. The van der Waals surface area contributed by atoms with Gasteiger partial charge in [0.1, 0.15) is 0 Å². The molecule has 5 nitrogen and oxygen atoms in total. The molecule has 0 bridgehead atoms. The summed E-state index contributed by atoms with van der Waals surface area (Å²) in [5.74, 6) is -0.693. The predicted octanol–water partition coefficient (Wildman–Crippen LogP) is 10.8. The van der Waals surface area contributed by atoms with Crippen molar-refractivity contribution in [2.45, 2.75) is 207 Å². The van der Waals surface area contributed by atoms with E-state index in [2.05, 4.69) is 26.1 Å². The Morgan fingerprint density at radius 1 is 0.524 bits per heavy atom. The van der Waals surface area contributed by atoms with Crippen molar-refractivity contribution in [2.24, 2.45) is 0 Å². The van der Waals surface area contributed by atoms with E-state index in [0.29, 0.717) is 6.42 Å². The lowest BCUT2D eigenvalue weighted by molar-refractivity contribution is -0.138. The molecule has 0 heterocycles. The highest BCUT2D eigenvalue weighted by molar-refractivity contribution is 5.82. The third kappa shape index (κ3) is 27.7. The summed E-state index contributed by atoms with van der Waals surface area (Å²) in [6, 6.07) is -0.372. The predicted molar refractivity (Wildman–Crippen MR) is 182 cm³/mol. The van der Waals surface area contributed by atoms with E-state index in [4.69, 9.17) is 0 Å². The molecule has 0 aromatic heterocycles. The van der Waals surface area contributed by atoms with Gasteiger partial charge in [0.15, 0.2) is 0 Å². The van der Waals surface area contributed by atoms with Crippen molar-refractivity contribution in [3.8, 4) is 0 Å². The Balaban J connectivity index is 4.26. The van der Waals surface area contributed by atoms with Crippen molar-refractivity contribution in [3.63, 3.8) is 0 Å². The third-order valence-electron chi connectivity index (χ3n) is 8.74. The number of aliphatic carboxylic acids is 1. The summed E-state index contributed by atoms with van der Waals surface area (Å²) in [6.45, 7) is 9.15. The van der Waals surface area contributed by atoms with Crippen molar-refractivity contribution in [3.05, 3.63) is 0 Å². The molecular formula is C37H74N2O3. The van der Waals surface area contributed by atoms with Gasteiger partial charge in [-0.25, -0.2) is 0 Å². The van der Waals surface area contributed by atoms with Crippen LogP contribution in [0, 0.1) is 0 Å². The third-order valence-corrected chi connectivity index (χ3v) is 8.74. The van der Waals surface area contributed by atoms with Crippen LogP contribution in [0.4, 0.5) is 0 Å². The van der Waals surface area contributed by atoms with Crippen LogP contribution in [0.1, 0.15) is 201 Å². The normalized spacial score (nSPS) is 12.1. The summed E-state index contributed by atoms with van der Waals surface area (Å²) < 4.78 is 0. The van der Waals surface area contributed by atoms with Gasteiger partial charge in [-0.2, -0.15) is 0 Å². The molecular weight excluding hydrogens is 520 g/mol. The van der Waals surface area contributed by atoms with Crippen molar-refractivity contribution >= 4 is 11.9 Å². The molecule has 1 amide bonds. The maximum absolute atomic E-state index is 13.6. The van der Waals surface area contributed by atoms with E-state index in [1.165, 1.54) is 148 Å². The highest BCUT2D eigenvalue weighted by Gasteiger charge is 2.24. The Kier molecular flexibility index (Phi) is 31.9. The number of unbranched alkanes of at least 4 members (excludes halogenated alkanes) is 23. The first-order valence-corrected chi connectivity index (χ1v) is 18.8. The van der Waals surface area contributed by atoms with Gasteiger partial charge >= 0.3 is 5.97 Å². The summed E-state index contributed by atoms with van der Waals surface area (Å²) in [5, 5.41) is 12.8. The second kappa shape index (κ2) is 32.8. The number of rotatable bonds is 34. The molecule has 0 saturated heterocycles. The second-order valence-corrected chi connectivity index (χ2v) is 12.9. The molecule has 2 N–H and O–H groups in total. The van der Waals surface area contributed by atoms with E-state index < -0.39 is 5.97 Å². The van der Waals surface area contributed by atoms with Gasteiger partial charge < -0.3 is 15.3 Å². The SMILES string of the molecule is CCCCCCCCCCCCCCCCCCNC(CCC(=O)O)C(=O)N(CCCCCCC)CCCCCCC. The molecule has 1 atom stereocenters. The molecule has 0 spiro atoms. The molecule has 0 aromatic carbocycles. The van der Waals surface area contributed by atoms with Gasteiger partial charge in [-0.1, -0.05) is 168 Å². The first kappa shape index (κ1) is 40.9. The first-order valence-electron chi connectivity index (χ1n) is 18.8. The molecule has 0 rings (SSSR count). The van der Waals surface area contributed by atoms with Crippen LogP contribution in [0.25, 0.3) is 0 Å². The second-order valence-electron chi connectivity index (χ2n) is 12.9. The summed E-state index contributed by atoms with van der Waals surface area (Å²) in [4.78, 5) is 26.9. The van der Waals surface area contributed by atoms with Crippen LogP contribution in [-0.2, 0) is 9.59 Å². The van der Waals surface area contributed by atoms with Gasteiger partial charge in [-0.05, 0) is 32.2 Å². The number of amides is 1. The number of hydrogen-bond donors (Lipinski definition) is 2. The number of carboxylic acids is 1. The Morgan fingerprint density at radius 2 is 0.857 bits per heavy atom. The fourth-order valence-corrected chi connectivity index (χ4v) is 5.90. The minimum absolute atomic E-state index is 0.0448. The zero-order valence-corrected chi connectivity index (χ0v) is 28.7. The van der Waals surface area contributed by atoms with Crippen LogP contribution < -0.4 is 5.32 Å². The maximum atomic E-state index is 13.6. The van der Waals surface area contributed by atoms with Gasteiger partial charge in [-0.3, -0.25) is 9.59 Å². The van der Waals surface area contributed by atoms with Crippen LogP contribution in [0.2, 0.25) is 0 Å². The molecule has 1 unspecified atom stereocenters. The average Bonchev–Trinajstić information content (AvgIpc) is 2.98. The molecule has 250 valence electrons. The van der Waals surface area contributed by atoms with Crippen LogP contribution in [0.15, 0.2) is 0 Å². The number of carbonyl (C=O) groups excluding carboxylic acids is 1. The van der Waals surface area contributed by atoms with Gasteiger partial charge in [0.05, 0.1) is 6.04 Å². The van der Waals surface area contributed by atoms with Crippen molar-refractivity contribution in [1.29, 1.82) is 0 Å². The van der Waals surface area contributed by atoms with E-state index in [-0.39, 0.29) is 18.4 Å². The molecule has 42 heavy (non-hydrogen) atoms. The van der Waals surface area contributed by atoms with Crippen LogP contribution in [0.3, 0.4) is 0 Å². The zero-order valence-electron chi connectivity index (χ0n) is 28.7. The number of carboxylic acid groups (broad SMARTS) is 1. The number of nitrogens with one attached hydrogen (secondary N) is 1. The van der Waals surface area contributed by atoms with Gasteiger partial charge in [-0.15, -0.1) is 0 Å². The minimum Gasteiger partial charge on any atom is -0.481 e. The molecule has 5 heteroatoms. The maximum Gasteiger partial charge on any atom is 0.303 e. The lowest BCUT2D eigenvalue weighted by Gasteiger charge is -2.28. The van der Waals surface area contributed by atoms with E-state index in [1.807, 2.05) is 4.90 Å². The minimum atomic E-state index is -0.817. The Hall–Kier alpha value is -1.10. The molecule has 0 aliphatic rings. The van der Waals surface area contributed by atoms with E-state index in [1.54, 1.807) is 0 Å². The lowest BCUT2D eigenvalue weighted by atomic mass is 10.0. The summed E-state index contributed by atoms with van der Waals surface area (Å²) in [5.41, 5.74) is 0. The Morgan fingerprint density at radius 3 is 1.21 bits per heavy atom. The molecule has 0 aliphatic carbocycles. The van der Waals surface area contributed by atoms with Crippen molar-refractivity contribution < 1.29 is 14.7 Å². The fourth-order valence-electron chi connectivity index (χ4n) is 5.90. The van der Waals surface area contributed by atoms with E-state index >= 15 is 0 Å². The molecule has 0 aliphatic heterocycles. The average molecular weight is 595 g/mol. The molecule has 0 aromatic rings. The first-order chi connectivity index (χ1) is 20.6. The van der Waals surface area contributed by atoms with E-state index in [9.17, 15) is 14.7 Å². The Bertz CT molecular complexity index is 569. The van der Waals surface area contributed by atoms with Gasteiger partial charge in [0.2, 0.25) is 5.91 Å². The number of hydrogen-bond acceptors (Lipinski definition) is 3. The largest absolute Gasteiger partial charge is 0.481 e. The van der Waals surface area contributed by atoms with Crippen LogP contribution >= 0.6 is 0 Å². The van der Waals surface area contributed by atoms with Gasteiger partial charge in [0.25, 0.3) is 0 Å². The van der Waals surface area contributed by atoms with Crippen molar-refractivity contribution in [2.75, 3.05) is 19.6 Å². The summed E-state index contributed by atoms with van der Waals surface area (Å²) in [6.07, 6.45) is 33.9. The standard InChI is InChI=1S/C37H74N2O3/c1-4-7-10-13-14-15-16-17-18-19-20-21-22-23-24-27-32-38-35(30-31-36(40)41)37(42)39(33-28-25-11-8-5-2)34-29-26-12-9-6-3/h35,38H,4-34H2,1-3H3,(H,40,41). The quantitative estimate of drug-likeness (QED) is 0.0727. The summed E-state index contributed by atoms with van der Waals surface area (Å²) >= 11 is 0. The van der Waals surface area contributed by atoms with Gasteiger partial charge in [0, 0.05) is 19.5 Å². The van der Waals surface area contributed by atoms with Crippen LogP contribution in [-0.4, -0.2) is 47.6 Å². The molecule has 0 radical (unpaired) electrons. The van der Waals surface area contributed by atoms with E-state index in [0.717, 1.165) is 38.9 Å². The van der Waals surface area contributed by atoms with Crippen LogP contribution in [0.5, 0.6) is 0 Å². The van der Waals surface area contributed by atoms with Crippen molar-refractivity contribution in [1.82, 2.24) is 10.2 Å². The smallest absolute Gasteiger partial charge is 0.303 e. The molecule has 0 fully saturated rings. The highest BCUT2D eigenvalue weighted by Crippen LogP contribution is 2.14. The Labute approximate surface area is 262 Å². The summed E-state index contributed by atoms with van der Waals surface area (Å²) in [7, 11) is 0.